The molecule has 6 nitrogen and oxygen atoms in total. The van der Waals surface area contributed by atoms with Gasteiger partial charge in [0.1, 0.15) is 5.82 Å². The summed E-state index contributed by atoms with van der Waals surface area (Å²) < 4.78 is 0. The molecule has 6 heteroatoms. The molecule has 0 amide bonds. The summed E-state index contributed by atoms with van der Waals surface area (Å²) in [6, 6.07) is 18.4. The summed E-state index contributed by atoms with van der Waals surface area (Å²) in [4.78, 5) is 19.9. The lowest BCUT2D eigenvalue weighted by Crippen LogP contribution is -2.06. The zero-order valence-electron chi connectivity index (χ0n) is 13.7. The lowest BCUT2D eigenvalue weighted by Gasteiger charge is -2.10. The van der Waals surface area contributed by atoms with E-state index in [2.05, 4.69) is 20.6 Å². The highest BCUT2D eigenvalue weighted by atomic mass is 16.4. The minimum Gasteiger partial charge on any atom is -0.478 e. The van der Waals surface area contributed by atoms with Crippen molar-refractivity contribution in [3.63, 3.8) is 0 Å². The maximum atomic E-state index is 11.1. The van der Waals surface area contributed by atoms with Crippen LogP contribution in [0, 0.1) is 6.92 Å². The summed E-state index contributed by atoms with van der Waals surface area (Å²) in [7, 11) is 0. The van der Waals surface area contributed by atoms with Gasteiger partial charge in [-0.05, 0) is 30.7 Å². The van der Waals surface area contributed by atoms with Crippen LogP contribution in [0.4, 0.5) is 17.5 Å². The van der Waals surface area contributed by atoms with Crippen molar-refractivity contribution in [3.05, 3.63) is 77.5 Å². The SMILES string of the molecule is Cc1cc(Nc2cccc(C(=O)O)c2)nc(NCc2ccccc2)n1. The zero-order chi connectivity index (χ0) is 17.6. The Hall–Kier alpha value is -3.41. The van der Waals surface area contributed by atoms with Gasteiger partial charge in [-0.3, -0.25) is 0 Å². The largest absolute Gasteiger partial charge is 0.478 e. The fourth-order valence-electron chi connectivity index (χ4n) is 2.37. The highest BCUT2D eigenvalue weighted by Crippen LogP contribution is 2.18. The number of carboxylic acid groups (broad SMARTS) is 1. The molecule has 0 atom stereocenters. The number of benzene rings is 2. The number of nitrogens with zero attached hydrogens (tertiary/aromatic N) is 2. The number of aryl methyl sites for hydroxylation is 1. The molecule has 0 saturated heterocycles. The van der Waals surface area contributed by atoms with Gasteiger partial charge in [-0.1, -0.05) is 36.4 Å². The number of aromatic nitrogens is 2. The molecular formula is C19H18N4O2. The minimum absolute atomic E-state index is 0.221. The number of rotatable bonds is 6. The van der Waals surface area contributed by atoms with Crippen molar-refractivity contribution in [3.8, 4) is 0 Å². The van der Waals surface area contributed by atoms with Crippen molar-refractivity contribution in [1.29, 1.82) is 0 Å². The molecule has 126 valence electrons. The van der Waals surface area contributed by atoms with Gasteiger partial charge in [0.2, 0.25) is 5.95 Å². The lowest BCUT2D eigenvalue weighted by atomic mass is 10.2. The normalized spacial score (nSPS) is 10.3. The Kier molecular flexibility index (Phi) is 4.89. The number of hydrogen-bond donors (Lipinski definition) is 3. The van der Waals surface area contributed by atoms with Gasteiger partial charge in [0.15, 0.2) is 0 Å². The molecule has 1 aromatic heterocycles. The Bertz CT molecular complexity index is 882. The Morgan fingerprint density at radius 3 is 2.60 bits per heavy atom. The molecule has 1 heterocycles. The van der Waals surface area contributed by atoms with Crippen LogP contribution in [0.1, 0.15) is 21.6 Å². The number of carboxylic acids is 1. The molecule has 3 N–H and O–H groups in total. The summed E-state index contributed by atoms with van der Waals surface area (Å²) in [5, 5.41) is 15.4. The first-order chi connectivity index (χ1) is 12.1. The van der Waals surface area contributed by atoms with E-state index in [-0.39, 0.29) is 5.56 Å². The molecular weight excluding hydrogens is 316 g/mol. The van der Waals surface area contributed by atoms with Crippen LogP contribution in [-0.2, 0) is 6.54 Å². The van der Waals surface area contributed by atoms with E-state index in [0.29, 0.717) is 24.0 Å². The Balaban J connectivity index is 1.75. The molecule has 3 aromatic rings. The lowest BCUT2D eigenvalue weighted by molar-refractivity contribution is 0.0697. The van der Waals surface area contributed by atoms with Gasteiger partial charge in [-0.15, -0.1) is 0 Å². The Morgan fingerprint density at radius 2 is 1.84 bits per heavy atom. The molecule has 0 unspecified atom stereocenters. The molecule has 0 aliphatic rings. The van der Waals surface area contributed by atoms with Gasteiger partial charge < -0.3 is 15.7 Å². The first kappa shape index (κ1) is 16.4. The quantitative estimate of drug-likeness (QED) is 0.635. The predicted octanol–water partition coefficient (Wildman–Crippen LogP) is 3.84. The van der Waals surface area contributed by atoms with E-state index >= 15 is 0 Å². The second kappa shape index (κ2) is 7.44. The van der Waals surface area contributed by atoms with Gasteiger partial charge in [-0.2, -0.15) is 4.98 Å². The van der Waals surface area contributed by atoms with Crippen LogP contribution in [0.25, 0.3) is 0 Å². The third-order valence-corrected chi connectivity index (χ3v) is 3.53. The van der Waals surface area contributed by atoms with Gasteiger partial charge in [0.05, 0.1) is 5.56 Å². The van der Waals surface area contributed by atoms with Crippen LogP contribution < -0.4 is 10.6 Å². The number of aromatic carboxylic acids is 1. The molecule has 0 aliphatic heterocycles. The van der Waals surface area contributed by atoms with Crippen molar-refractivity contribution < 1.29 is 9.90 Å². The van der Waals surface area contributed by atoms with Crippen LogP contribution in [0.2, 0.25) is 0 Å². The van der Waals surface area contributed by atoms with Crippen molar-refractivity contribution >= 4 is 23.4 Å². The smallest absolute Gasteiger partial charge is 0.335 e. The summed E-state index contributed by atoms with van der Waals surface area (Å²) >= 11 is 0. The number of carbonyl (C=O) groups is 1. The number of anilines is 3. The van der Waals surface area contributed by atoms with E-state index in [1.54, 1.807) is 30.3 Å². The Morgan fingerprint density at radius 1 is 1.04 bits per heavy atom. The fraction of sp³-hybridized carbons (Fsp3) is 0.105. The molecule has 0 aliphatic carbocycles. The van der Waals surface area contributed by atoms with Gasteiger partial charge in [-0.25, -0.2) is 9.78 Å². The number of nitrogens with one attached hydrogen (secondary N) is 2. The number of hydrogen-bond acceptors (Lipinski definition) is 5. The first-order valence-electron chi connectivity index (χ1n) is 7.84. The first-order valence-corrected chi connectivity index (χ1v) is 7.84. The summed E-state index contributed by atoms with van der Waals surface area (Å²) in [6.07, 6.45) is 0. The van der Waals surface area contributed by atoms with Crippen LogP contribution in [0.3, 0.4) is 0 Å². The zero-order valence-corrected chi connectivity index (χ0v) is 13.7. The fourth-order valence-corrected chi connectivity index (χ4v) is 2.37. The van der Waals surface area contributed by atoms with E-state index in [1.807, 2.05) is 37.3 Å². The monoisotopic (exact) mass is 334 g/mol. The molecule has 0 saturated carbocycles. The molecule has 0 radical (unpaired) electrons. The van der Waals surface area contributed by atoms with Crippen molar-refractivity contribution in [1.82, 2.24) is 9.97 Å². The summed E-state index contributed by atoms with van der Waals surface area (Å²) in [5.41, 5.74) is 2.82. The second-order valence-electron chi connectivity index (χ2n) is 5.57. The molecule has 3 rings (SSSR count). The topological polar surface area (TPSA) is 87.1 Å². The predicted molar refractivity (Wildman–Crippen MR) is 97.2 cm³/mol. The molecule has 2 aromatic carbocycles. The van der Waals surface area contributed by atoms with Crippen LogP contribution in [0.15, 0.2) is 60.7 Å². The second-order valence-corrected chi connectivity index (χ2v) is 5.57. The molecule has 0 spiro atoms. The van der Waals surface area contributed by atoms with E-state index < -0.39 is 5.97 Å². The van der Waals surface area contributed by atoms with E-state index in [9.17, 15) is 4.79 Å². The molecule has 0 bridgehead atoms. The summed E-state index contributed by atoms with van der Waals surface area (Å²) in [5.74, 6) is 0.152. The van der Waals surface area contributed by atoms with E-state index in [4.69, 9.17) is 5.11 Å². The third kappa shape index (κ3) is 4.54. The average Bonchev–Trinajstić information content (AvgIpc) is 2.60. The third-order valence-electron chi connectivity index (χ3n) is 3.53. The van der Waals surface area contributed by atoms with Crippen LogP contribution >= 0.6 is 0 Å². The average molecular weight is 334 g/mol. The highest BCUT2D eigenvalue weighted by molar-refractivity contribution is 5.89. The van der Waals surface area contributed by atoms with Crippen LogP contribution in [-0.4, -0.2) is 21.0 Å². The summed E-state index contributed by atoms with van der Waals surface area (Å²) in [6.45, 7) is 2.51. The van der Waals surface area contributed by atoms with Crippen molar-refractivity contribution in [2.75, 3.05) is 10.6 Å². The van der Waals surface area contributed by atoms with Gasteiger partial charge in [0.25, 0.3) is 0 Å². The van der Waals surface area contributed by atoms with Crippen LogP contribution in [0.5, 0.6) is 0 Å². The maximum Gasteiger partial charge on any atom is 0.335 e. The maximum absolute atomic E-state index is 11.1. The Labute approximate surface area is 145 Å². The molecule has 0 fully saturated rings. The van der Waals surface area contributed by atoms with E-state index in [1.165, 1.54) is 0 Å². The van der Waals surface area contributed by atoms with Crippen molar-refractivity contribution in [2.24, 2.45) is 0 Å². The van der Waals surface area contributed by atoms with Gasteiger partial charge >= 0.3 is 5.97 Å². The van der Waals surface area contributed by atoms with Gasteiger partial charge in [0, 0.05) is 24.0 Å². The van der Waals surface area contributed by atoms with E-state index in [0.717, 1.165) is 11.3 Å². The van der Waals surface area contributed by atoms with Crippen molar-refractivity contribution in [2.45, 2.75) is 13.5 Å². The standard InChI is InChI=1S/C19H18N4O2/c1-13-10-17(22-16-9-5-8-15(11-16)18(24)25)23-19(21-13)20-12-14-6-3-2-4-7-14/h2-11H,12H2,1H3,(H,24,25)(H2,20,21,22,23). The molecule has 25 heavy (non-hydrogen) atoms. The highest BCUT2D eigenvalue weighted by Gasteiger charge is 2.06. The minimum atomic E-state index is -0.965.